The van der Waals surface area contributed by atoms with Gasteiger partial charge in [-0.05, 0) is 61.9 Å². The lowest BCUT2D eigenvalue weighted by atomic mass is 9.95. The van der Waals surface area contributed by atoms with Crippen LogP contribution >= 0.6 is 23.2 Å². The van der Waals surface area contributed by atoms with Crippen molar-refractivity contribution in [2.24, 2.45) is 0 Å². The number of carbonyl (C=O) groups excluding carboxylic acids is 2. The summed E-state index contributed by atoms with van der Waals surface area (Å²) in [6, 6.07) is 9.42. The largest absolute Gasteiger partial charge is 0.383 e. The highest BCUT2D eigenvalue weighted by Gasteiger charge is 2.58. The van der Waals surface area contributed by atoms with Crippen molar-refractivity contribution in [3.05, 3.63) is 52.3 Å². The number of hydrogen-bond acceptors (Lipinski definition) is 9. The Bertz CT molecular complexity index is 1620. The number of anilines is 1. The zero-order valence-electron chi connectivity index (χ0n) is 25.0. The van der Waals surface area contributed by atoms with Gasteiger partial charge in [-0.15, -0.1) is 0 Å². The number of rotatable bonds is 10. The van der Waals surface area contributed by atoms with Gasteiger partial charge < -0.3 is 19.9 Å². The van der Waals surface area contributed by atoms with Gasteiger partial charge in [0.2, 0.25) is 11.8 Å². The molecule has 4 aliphatic rings. The average molecular weight is 676 g/mol. The number of nitrogens with zero attached hydrogens (tertiary/aromatic N) is 5. The summed E-state index contributed by atoms with van der Waals surface area (Å²) in [4.78, 5) is 37.7. The Balaban J connectivity index is 1.23. The molecule has 1 aromatic heterocycles. The Morgan fingerprint density at radius 1 is 1.11 bits per heavy atom. The van der Waals surface area contributed by atoms with E-state index in [0.29, 0.717) is 43.0 Å². The van der Waals surface area contributed by atoms with Gasteiger partial charge in [0.15, 0.2) is 9.84 Å². The molecule has 0 radical (unpaired) electrons. The summed E-state index contributed by atoms with van der Waals surface area (Å²) in [6.07, 6.45) is 3.59. The first-order valence-corrected chi connectivity index (χ1v) is 17.5. The smallest absolute Gasteiger partial charge is 0.244 e. The molecular formula is C31H36Cl2N6O5S. The second-order valence-electron chi connectivity index (χ2n) is 12.4. The van der Waals surface area contributed by atoms with E-state index in [1.807, 2.05) is 0 Å². The average Bonchev–Trinajstić information content (AvgIpc) is 3.96. The second-order valence-corrected chi connectivity index (χ2v) is 15.4. The number of piperazine rings is 1. The molecule has 4 fully saturated rings. The van der Waals surface area contributed by atoms with Crippen LogP contribution in [0.1, 0.15) is 37.7 Å². The van der Waals surface area contributed by atoms with E-state index in [-0.39, 0.29) is 28.8 Å². The molecule has 240 valence electrons. The molecule has 1 N–H and O–H groups in total. The van der Waals surface area contributed by atoms with Crippen LogP contribution < -0.4 is 10.2 Å². The van der Waals surface area contributed by atoms with Gasteiger partial charge in [-0.3, -0.25) is 14.5 Å². The Labute approximate surface area is 273 Å². The summed E-state index contributed by atoms with van der Waals surface area (Å²) in [5, 5.41) is 11.7. The van der Waals surface area contributed by atoms with Crippen molar-refractivity contribution in [3.8, 4) is 6.07 Å². The fraction of sp³-hybridized carbons (Fsp3) is 0.548. The molecule has 45 heavy (non-hydrogen) atoms. The molecule has 1 aromatic carbocycles. The molecule has 2 atom stereocenters. The van der Waals surface area contributed by atoms with Crippen molar-refractivity contribution in [1.29, 1.82) is 5.26 Å². The van der Waals surface area contributed by atoms with Gasteiger partial charge in [-0.1, -0.05) is 29.3 Å². The van der Waals surface area contributed by atoms with Crippen molar-refractivity contribution in [2.45, 2.75) is 59.2 Å². The lowest BCUT2D eigenvalue weighted by Crippen LogP contribution is -2.51. The summed E-state index contributed by atoms with van der Waals surface area (Å²) in [5.41, 5.74) is -0.344. The van der Waals surface area contributed by atoms with Gasteiger partial charge in [-0.2, -0.15) is 5.26 Å². The fourth-order valence-electron chi connectivity index (χ4n) is 6.44. The van der Waals surface area contributed by atoms with Crippen LogP contribution in [-0.2, 0) is 29.6 Å². The predicted molar refractivity (Wildman–Crippen MR) is 169 cm³/mol. The molecule has 2 aliphatic carbocycles. The number of aromatic nitrogens is 1. The third kappa shape index (κ3) is 6.25. The summed E-state index contributed by atoms with van der Waals surface area (Å²) in [7, 11) is -2.35. The van der Waals surface area contributed by atoms with E-state index >= 15 is 0 Å². The SMILES string of the molecule is COCCN1CCN(c2ccc(S(=O)(=O)C3C[C@@H](C(=O)NC4(C#N)CC4)N(C(=O)C4(c5ccc(Cl)nc5)CC4)C3)c(Cl)c2)CC1. The highest BCUT2D eigenvalue weighted by Crippen LogP contribution is 2.51. The summed E-state index contributed by atoms with van der Waals surface area (Å²) < 4.78 is 33.3. The Hall–Kier alpha value is -2.95. The van der Waals surface area contributed by atoms with E-state index in [1.165, 1.54) is 11.0 Å². The molecule has 2 saturated heterocycles. The first kappa shape index (κ1) is 32.0. The van der Waals surface area contributed by atoms with Crippen molar-refractivity contribution in [3.63, 3.8) is 0 Å². The number of nitriles is 1. The van der Waals surface area contributed by atoms with Gasteiger partial charge >= 0.3 is 0 Å². The third-order valence-electron chi connectivity index (χ3n) is 9.60. The number of ether oxygens (including phenoxy) is 1. The van der Waals surface area contributed by atoms with Gasteiger partial charge in [0, 0.05) is 58.3 Å². The predicted octanol–water partition coefficient (Wildman–Crippen LogP) is 2.80. The monoisotopic (exact) mass is 674 g/mol. The number of pyridine rings is 1. The third-order valence-corrected chi connectivity index (χ3v) is 12.4. The summed E-state index contributed by atoms with van der Waals surface area (Å²) in [5.74, 6) is -0.839. The number of likely N-dealkylation sites (tertiary alicyclic amines) is 1. The normalized spacial score (nSPS) is 23.8. The molecule has 14 heteroatoms. The van der Waals surface area contributed by atoms with Crippen LogP contribution in [0.15, 0.2) is 41.4 Å². The van der Waals surface area contributed by atoms with Crippen LogP contribution in [-0.4, -0.2) is 105 Å². The topological polar surface area (TPSA) is 136 Å². The lowest BCUT2D eigenvalue weighted by Gasteiger charge is -2.36. The molecule has 0 bridgehead atoms. The number of hydrogen-bond donors (Lipinski definition) is 1. The van der Waals surface area contributed by atoms with Crippen LogP contribution in [0, 0.1) is 11.3 Å². The second kappa shape index (κ2) is 12.3. The lowest BCUT2D eigenvalue weighted by molar-refractivity contribution is -0.140. The molecule has 6 rings (SSSR count). The van der Waals surface area contributed by atoms with E-state index in [2.05, 4.69) is 26.2 Å². The maximum atomic E-state index is 14.1. The van der Waals surface area contributed by atoms with Crippen molar-refractivity contribution in [1.82, 2.24) is 20.1 Å². The van der Waals surface area contributed by atoms with Gasteiger partial charge in [0.1, 0.15) is 16.7 Å². The number of methoxy groups -OCH3 is 1. The summed E-state index contributed by atoms with van der Waals surface area (Å²) in [6.45, 7) is 4.63. The molecule has 2 aromatic rings. The standard InChI is InChI=1S/C31H36Cl2N6O5S/c1-44-15-14-37-10-12-38(13-11-37)22-3-4-26(24(32)16-22)45(42,43)23-17-25(28(40)36-30(20-34)6-7-30)39(19-23)29(41)31(8-9-31)21-2-5-27(33)35-18-21/h2-5,16,18,23,25H,6-15,17,19H2,1H3,(H,36,40)/t23?,25-/m0/s1. The molecule has 3 heterocycles. The van der Waals surface area contributed by atoms with Crippen molar-refractivity contribution < 1.29 is 22.7 Å². The molecular weight excluding hydrogens is 639 g/mol. The maximum absolute atomic E-state index is 14.1. The highest BCUT2D eigenvalue weighted by molar-refractivity contribution is 7.92. The summed E-state index contributed by atoms with van der Waals surface area (Å²) >= 11 is 12.6. The minimum atomic E-state index is -4.04. The van der Waals surface area contributed by atoms with E-state index in [4.69, 9.17) is 27.9 Å². The van der Waals surface area contributed by atoms with Crippen LogP contribution in [0.4, 0.5) is 5.69 Å². The Morgan fingerprint density at radius 2 is 1.84 bits per heavy atom. The first-order chi connectivity index (χ1) is 21.5. The van der Waals surface area contributed by atoms with E-state index in [9.17, 15) is 23.3 Å². The number of carbonyl (C=O) groups is 2. The van der Waals surface area contributed by atoms with Gasteiger partial charge in [-0.25, -0.2) is 13.4 Å². The number of halogens is 2. The van der Waals surface area contributed by atoms with Crippen molar-refractivity contribution >= 4 is 50.5 Å². The first-order valence-electron chi connectivity index (χ1n) is 15.2. The molecule has 1 unspecified atom stereocenters. The van der Waals surface area contributed by atoms with E-state index in [1.54, 1.807) is 37.6 Å². The number of benzene rings is 1. The Kier molecular flexibility index (Phi) is 8.78. The van der Waals surface area contributed by atoms with Crippen LogP contribution in [0.25, 0.3) is 0 Å². The number of nitrogens with one attached hydrogen (secondary N) is 1. The van der Waals surface area contributed by atoms with Crippen LogP contribution in [0.5, 0.6) is 0 Å². The maximum Gasteiger partial charge on any atom is 0.244 e. The molecule has 2 saturated carbocycles. The molecule has 2 aliphatic heterocycles. The zero-order valence-corrected chi connectivity index (χ0v) is 27.4. The molecule has 11 nitrogen and oxygen atoms in total. The van der Waals surface area contributed by atoms with Gasteiger partial charge in [0.05, 0.1) is 33.3 Å². The molecule has 2 amide bonds. The van der Waals surface area contributed by atoms with E-state index < -0.39 is 38.0 Å². The number of amides is 2. The number of sulfone groups is 1. The van der Waals surface area contributed by atoms with Crippen molar-refractivity contribution in [2.75, 3.05) is 57.9 Å². The van der Waals surface area contributed by atoms with Crippen LogP contribution in [0.2, 0.25) is 10.2 Å². The zero-order chi connectivity index (χ0) is 32.0. The van der Waals surface area contributed by atoms with Crippen LogP contribution in [0.3, 0.4) is 0 Å². The van der Waals surface area contributed by atoms with Gasteiger partial charge in [0.25, 0.3) is 0 Å². The molecule has 0 spiro atoms. The minimum absolute atomic E-state index is 0.0242. The highest BCUT2D eigenvalue weighted by atomic mass is 35.5. The Morgan fingerprint density at radius 3 is 2.42 bits per heavy atom. The minimum Gasteiger partial charge on any atom is -0.383 e. The quantitative estimate of drug-likeness (QED) is 0.377. The van der Waals surface area contributed by atoms with E-state index in [0.717, 1.165) is 38.4 Å². The fourth-order valence-corrected chi connectivity index (χ4v) is 8.79.